The third kappa shape index (κ3) is 2.45. The zero-order chi connectivity index (χ0) is 10.7. The van der Waals surface area contributed by atoms with Gasteiger partial charge in [0.25, 0.3) is 5.22 Å². The first-order valence-corrected chi connectivity index (χ1v) is 4.99. The largest absolute Gasteiger partial charge is 0.439 e. The van der Waals surface area contributed by atoms with Gasteiger partial charge in [0.15, 0.2) is 0 Å². The Labute approximate surface area is 90.3 Å². The number of hydrogen-bond acceptors (Lipinski definition) is 7. The van der Waals surface area contributed by atoms with Crippen LogP contribution < -0.4 is 11.3 Å². The summed E-state index contributed by atoms with van der Waals surface area (Å²) in [6.45, 7) is 1.86. The fourth-order valence-corrected chi connectivity index (χ4v) is 1.66. The number of nitrogen functional groups attached to an aromatic ring is 1. The second-order valence-electron chi connectivity index (χ2n) is 2.72. The van der Waals surface area contributed by atoms with Gasteiger partial charge in [0, 0.05) is 6.20 Å². The normalized spacial score (nSPS) is 10.3. The maximum atomic E-state index is 5.19. The summed E-state index contributed by atoms with van der Waals surface area (Å²) in [4.78, 5) is 12.2. The highest BCUT2D eigenvalue weighted by molar-refractivity contribution is 7.99. The Bertz CT molecular complexity index is 458. The highest BCUT2D eigenvalue weighted by Crippen LogP contribution is 2.24. The minimum absolute atomic E-state index is 0.364. The number of nitrogens with one attached hydrogen (secondary N) is 1. The first kappa shape index (κ1) is 9.94. The van der Waals surface area contributed by atoms with Gasteiger partial charge < -0.3 is 4.42 Å². The van der Waals surface area contributed by atoms with Gasteiger partial charge in [-0.15, -0.1) is 0 Å². The van der Waals surface area contributed by atoms with E-state index in [-0.39, 0.29) is 0 Å². The van der Waals surface area contributed by atoms with Crippen LogP contribution >= 0.6 is 11.8 Å². The predicted molar refractivity (Wildman–Crippen MR) is 55.2 cm³/mol. The summed E-state index contributed by atoms with van der Waals surface area (Å²) < 4.78 is 5.18. The number of nitrogens with zero attached hydrogens (tertiary/aromatic N) is 3. The van der Waals surface area contributed by atoms with Crippen molar-refractivity contribution in [1.29, 1.82) is 0 Å². The molecule has 2 rings (SSSR count). The molecule has 0 unspecified atom stereocenters. The average Bonchev–Trinajstić information content (AvgIpc) is 2.64. The summed E-state index contributed by atoms with van der Waals surface area (Å²) in [6, 6.07) is 1.76. The van der Waals surface area contributed by atoms with Crippen molar-refractivity contribution >= 4 is 17.7 Å². The van der Waals surface area contributed by atoms with Crippen LogP contribution in [0.25, 0.3) is 0 Å². The standard InChI is InChI=1S/C8H9N5OS/c1-5-4-14-8(11-5)15-6-2-3-10-7(12-6)13-9/h2-4H,9H2,1H3,(H,10,12,13). The van der Waals surface area contributed by atoms with E-state index in [0.29, 0.717) is 11.2 Å². The molecular weight excluding hydrogens is 214 g/mol. The molecule has 0 aliphatic heterocycles. The number of oxazole rings is 1. The summed E-state index contributed by atoms with van der Waals surface area (Å²) in [5.74, 6) is 5.56. The summed E-state index contributed by atoms with van der Waals surface area (Å²) in [7, 11) is 0. The van der Waals surface area contributed by atoms with Crippen molar-refractivity contribution in [3.63, 3.8) is 0 Å². The Hall–Kier alpha value is -1.60. The Morgan fingerprint density at radius 1 is 1.47 bits per heavy atom. The van der Waals surface area contributed by atoms with E-state index < -0.39 is 0 Å². The van der Waals surface area contributed by atoms with Gasteiger partial charge in [-0.25, -0.2) is 20.8 Å². The Morgan fingerprint density at radius 3 is 3.00 bits per heavy atom. The van der Waals surface area contributed by atoms with Crippen LogP contribution in [0.4, 0.5) is 5.95 Å². The molecule has 15 heavy (non-hydrogen) atoms. The number of hydrogen-bond donors (Lipinski definition) is 2. The van der Waals surface area contributed by atoms with Crippen molar-refractivity contribution < 1.29 is 4.42 Å². The number of rotatable bonds is 3. The van der Waals surface area contributed by atoms with Crippen molar-refractivity contribution in [2.24, 2.45) is 5.84 Å². The molecule has 7 heteroatoms. The molecule has 0 atom stereocenters. The van der Waals surface area contributed by atoms with E-state index in [1.54, 1.807) is 18.5 Å². The van der Waals surface area contributed by atoms with E-state index in [1.165, 1.54) is 11.8 Å². The van der Waals surface area contributed by atoms with Crippen molar-refractivity contribution in [2.75, 3.05) is 5.43 Å². The molecular formula is C8H9N5OS. The SMILES string of the molecule is Cc1coc(Sc2ccnc(NN)n2)n1. The second kappa shape index (κ2) is 4.28. The molecule has 2 aromatic rings. The van der Waals surface area contributed by atoms with Gasteiger partial charge in [-0.05, 0) is 24.8 Å². The van der Waals surface area contributed by atoms with Crippen LogP contribution in [0.2, 0.25) is 0 Å². The highest BCUT2D eigenvalue weighted by Gasteiger charge is 2.05. The van der Waals surface area contributed by atoms with Gasteiger partial charge in [-0.2, -0.15) is 0 Å². The van der Waals surface area contributed by atoms with Crippen molar-refractivity contribution in [3.8, 4) is 0 Å². The van der Waals surface area contributed by atoms with Crippen molar-refractivity contribution in [3.05, 3.63) is 24.2 Å². The predicted octanol–water partition coefficient (Wildman–Crippen LogP) is 1.21. The van der Waals surface area contributed by atoms with Gasteiger partial charge in [0.2, 0.25) is 5.95 Å². The average molecular weight is 223 g/mol. The minimum Gasteiger partial charge on any atom is -0.439 e. The van der Waals surface area contributed by atoms with E-state index in [0.717, 1.165) is 10.7 Å². The maximum absolute atomic E-state index is 5.19. The van der Waals surface area contributed by atoms with Crippen molar-refractivity contribution in [1.82, 2.24) is 15.0 Å². The summed E-state index contributed by atoms with van der Waals surface area (Å²) in [6.07, 6.45) is 3.20. The van der Waals surface area contributed by atoms with Gasteiger partial charge in [-0.3, -0.25) is 5.43 Å². The molecule has 6 nitrogen and oxygen atoms in total. The lowest BCUT2D eigenvalue weighted by molar-refractivity contribution is 0.454. The molecule has 78 valence electrons. The van der Waals surface area contributed by atoms with Crippen LogP contribution in [-0.4, -0.2) is 15.0 Å². The van der Waals surface area contributed by atoms with Gasteiger partial charge in [-0.1, -0.05) is 0 Å². The van der Waals surface area contributed by atoms with Crippen LogP contribution in [0.1, 0.15) is 5.69 Å². The molecule has 0 saturated heterocycles. The monoisotopic (exact) mass is 223 g/mol. The Kier molecular flexibility index (Phi) is 2.84. The molecule has 0 bridgehead atoms. The summed E-state index contributed by atoms with van der Waals surface area (Å²) in [5.41, 5.74) is 3.21. The van der Waals surface area contributed by atoms with Crippen molar-refractivity contribution in [2.45, 2.75) is 17.2 Å². The molecule has 3 N–H and O–H groups in total. The molecule has 0 fully saturated rings. The number of nitrogens with two attached hydrogens (primary N) is 1. The molecule has 0 aromatic carbocycles. The third-order valence-corrected chi connectivity index (χ3v) is 2.35. The van der Waals surface area contributed by atoms with Crippen LogP contribution in [0.5, 0.6) is 0 Å². The molecule has 0 saturated carbocycles. The number of hydrazine groups is 1. The van der Waals surface area contributed by atoms with E-state index in [9.17, 15) is 0 Å². The Morgan fingerprint density at radius 2 is 2.33 bits per heavy atom. The Balaban J connectivity index is 2.16. The molecule has 0 radical (unpaired) electrons. The second-order valence-corrected chi connectivity index (χ2v) is 3.69. The topological polar surface area (TPSA) is 89.9 Å². The van der Waals surface area contributed by atoms with Gasteiger partial charge in [0.1, 0.15) is 11.3 Å². The number of anilines is 1. The zero-order valence-corrected chi connectivity index (χ0v) is 8.78. The number of aryl methyl sites for hydroxylation is 1. The van der Waals surface area contributed by atoms with E-state index >= 15 is 0 Å². The molecule has 0 aliphatic carbocycles. The lowest BCUT2D eigenvalue weighted by Crippen LogP contribution is -2.10. The van der Waals surface area contributed by atoms with Crippen LogP contribution in [0.3, 0.4) is 0 Å². The minimum atomic E-state index is 0.364. The molecule has 2 heterocycles. The van der Waals surface area contributed by atoms with Gasteiger partial charge in [0.05, 0.1) is 5.69 Å². The van der Waals surface area contributed by atoms with E-state index in [4.69, 9.17) is 10.3 Å². The number of aromatic nitrogens is 3. The fraction of sp³-hybridized carbons (Fsp3) is 0.125. The molecule has 2 aromatic heterocycles. The third-order valence-electron chi connectivity index (χ3n) is 1.55. The maximum Gasteiger partial charge on any atom is 0.262 e. The highest BCUT2D eigenvalue weighted by atomic mass is 32.2. The van der Waals surface area contributed by atoms with Crippen LogP contribution in [0, 0.1) is 6.92 Å². The van der Waals surface area contributed by atoms with E-state index in [1.807, 2.05) is 6.92 Å². The first-order valence-electron chi connectivity index (χ1n) is 4.17. The van der Waals surface area contributed by atoms with Gasteiger partial charge >= 0.3 is 0 Å². The van der Waals surface area contributed by atoms with E-state index in [2.05, 4.69) is 20.4 Å². The quantitative estimate of drug-likeness (QED) is 0.459. The molecule has 0 spiro atoms. The molecule has 0 amide bonds. The smallest absolute Gasteiger partial charge is 0.262 e. The van der Waals surface area contributed by atoms with Crippen LogP contribution in [0.15, 0.2) is 33.2 Å². The zero-order valence-electron chi connectivity index (χ0n) is 7.97. The fourth-order valence-electron chi connectivity index (χ4n) is 0.937. The summed E-state index contributed by atoms with van der Waals surface area (Å²) >= 11 is 1.31. The first-order chi connectivity index (χ1) is 7.28. The van der Waals surface area contributed by atoms with Crippen LogP contribution in [-0.2, 0) is 0 Å². The summed E-state index contributed by atoms with van der Waals surface area (Å²) in [5, 5.41) is 1.27. The lowest BCUT2D eigenvalue weighted by atomic mass is 10.6. The lowest BCUT2D eigenvalue weighted by Gasteiger charge is -1.99. The molecule has 0 aliphatic rings.